The lowest BCUT2D eigenvalue weighted by molar-refractivity contribution is -0.121. The van der Waals surface area contributed by atoms with E-state index in [9.17, 15) is 4.79 Å². The van der Waals surface area contributed by atoms with E-state index in [0.29, 0.717) is 25.3 Å². The second-order valence-electron chi connectivity index (χ2n) is 6.52. The molecule has 1 unspecified atom stereocenters. The molecule has 3 aromatic heterocycles. The Morgan fingerprint density at radius 2 is 2.22 bits per heavy atom. The Morgan fingerprint density at radius 3 is 3.04 bits per heavy atom. The topological polar surface area (TPSA) is 99.7 Å². The minimum atomic E-state index is 0.0357. The molecule has 1 aliphatic rings. The molecule has 1 amide bonds. The maximum absolute atomic E-state index is 12.2. The van der Waals surface area contributed by atoms with Crippen LogP contribution in [0.5, 0.6) is 0 Å². The fourth-order valence-electron chi connectivity index (χ4n) is 3.20. The maximum atomic E-state index is 12.2. The summed E-state index contributed by atoms with van der Waals surface area (Å²) in [5.74, 6) is 0.729. The normalized spacial score (nSPS) is 16.4. The lowest BCUT2D eigenvalue weighted by Gasteiger charge is -2.17. The van der Waals surface area contributed by atoms with Gasteiger partial charge < -0.3 is 15.2 Å². The van der Waals surface area contributed by atoms with Gasteiger partial charge in [-0.2, -0.15) is 0 Å². The van der Waals surface area contributed by atoms with Crippen molar-refractivity contribution in [2.24, 2.45) is 0 Å². The number of aryl methyl sites for hydroxylation is 1. The Bertz CT molecular complexity index is 882. The number of rotatable bonds is 6. The zero-order valence-electron chi connectivity index (χ0n) is 14.9. The predicted molar refractivity (Wildman–Crippen MR) is 101 cm³/mol. The van der Waals surface area contributed by atoms with Crippen LogP contribution in [0.2, 0.25) is 0 Å². The van der Waals surface area contributed by atoms with Crippen LogP contribution < -0.4 is 10.2 Å². The van der Waals surface area contributed by atoms with Crippen molar-refractivity contribution in [2.75, 3.05) is 18.0 Å². The third kappa shape index (κ3) is 4.28. The van der Waals surface area contributed by atoms with Gasteiger partial charge in [0, 0.05) is 56.5 Å². The number of anilines is 1. The molecular weight excluding hydrogens is 342 g/mol. The lowest BCUT2D eigenvalue weighted by atomic mass is 10.2. The van der Waals surface area contributed by atoms with Gasteiger partial charge in [0.05, 0.1) is 17.1 Å². The molecule has 8 nitrogen and oxygen atoms in total. The minimum Gasteiger partial charge on any atom is -0.360 e. The van der Waals surface area contributed by atoms with Gasteiger partial charge in [-0.1, -0.05) is 0 Å². The number of aromatic amines is 1. The number of hydrogen-bond acceptors (Lipinski definition) is 6. The van der Waals surface area contributed by atoms with E-state index in [1.807, 2.05) is 24.4 Å². The lowest BCUT2D eigenvalue weighted by Crippen LogP contribution is -2.37. The highest BCUT2D eigenvalue weighted by Crippen LogP contribution is 2.20. The fraction of sp³-hybridized carbons (Fsp3) is 0.316. The molecule has 0 saturated carbocycles. The van der Waals surface area contributed by atoms with E-state index in [1.165, 1.54) is 0 Å². The summed E-state index contributed by atoms with van der Waals surface area (Å²) in [6.45, 7) is 1.54. The van der Waals surface area contributed by atoms with Gasteiger partial charge in [0.2, 0.25) is 11.9 Å². The van der Waals surface area contributed by atoms with Crippen LogP contribution in [0.15, 0.2) is 49.2 Å². The molecule has 0 spiro atoms. The summed E-state index contributed by atoms with van der Waals surface area (Å²) in [7, 11) is 0. The quantitative estimate of drug-likeness (QED) is 0.690. The molecule has 0 radical (unpaired) electrons. The van der Waals surface area contributed by atoms with Crippen molar-refractivity contribution in [2.45, 2.75) is 25.3 Å². The smallest absolute Gasteiger partial charge is 0.225 e. The van der Waals surface area contributed by atoms with Gasteiger partial charge in [-0.25, -0.2) is 9.97 Å². The van der Waals surface area contributed by atoms with E-state index < -0.39 is 0 Å². The third-order valence-corrected chi connectivity index (χ3v) is 4.58. The second-order valence-corrected chi connectivity index (χ2v) is 6.52. The number of H-pyrrole nitrogens is 1. The Labute approximate surface area is 157 Å². The van der Waals surface area contributed by atoms with Crippen LogP contribution in [0.1, 0.15) is 18.5 Å². The fourth-order valence-corrected chi connectivity index (χ4v) is 3.20. The average molecular weight is 363 g/mol. The summed E-state index contributed by atoms with van der Waals surface area (Å²) in [4.78, 5) is 34.7. The van der Waals surface area contributed by atoms with Crippen molar-refractivity contribution in [3.63, 3.8) is 0 Å². The van der Waals surface area contributed by atoms with Gasteiger partial charge in [0.1, 0.15) is 0 Å². The first-order valence-electron chi connectivity index (χ1n) is 9.04. The maximum Gasteiger partial charge on any atom is 0.225 e. The summed E-state index contributed by atoms with van der Waals surface area (Å²) >= 11 is 0. The predicted octanol–water partition coefficient (Wildman–Crippen LogP) is 1.59. The van der Waals surface area contributed by atoms with Crippen LogP contribution in [0, 0.1) is 0 Å². The summed E-state index contributed by atoms with van der Waals surface area (Å²) in [5.41, 5.74) is 2.66. The minimum absolute atomic E-state index is 0.0357. The van der Waals surface area contributed by atoms with Gasteiger partial charge in [-0.05, 0) is 31.0 Å². The molecule has 138 valence electrons. The Balaban J connectivity index is 1.31. The number of nitrogens with one attached hydrogen (secondary N) is 2. The largest absolute Gasteiger partial charge is 0.360 e. The molecular formula is C19H21N7O. The van der Waals surface area contributed by atoms with Crippen molar-refractivity contribution >= 4 is 11.9 Å². The number of amides is 1. The Hall–Kier alpha value is -3.29. The molecule has 8 heteroatoms. The van der Waals surface area contributed by atoms with Gasteiger partial charge in [-0.15, -0.1) is 0 Å². The number of hydrogen-bond donors (Lipinski definition) is 2. The molecule has 1 aliphatic heterocycles. The Kier molecular flexibility index (Phi) is 5.04. The van der Waals surface area contributed by atoms with Gasteiger partial charge >= 0.3 is 0 Å². The van der Waals surface area contributed by atoms with E-state index in [4.69, 9.17) is 0 Å². The van der Waals surface area contributed by atoms with Gasteiger partial charge in [0.15, 0.2) is 0 Å². The summed E-state index contributed by atoms with van der Waals surface area (Å²) in [6, 6.07) is 5.92. The summed E-state index contributed by atoms with van der Waals surface area (Å²) in [6.07, 6.45) is 10.5. The average Bonchev–Trinajstić information content (AvgIpc) is 3.40. The van der Waals surface area contributed by atoms with E-state index in [0.717, 1.165) is 30.0 Å². The van der Waals surface area contributed by atoms with Crippen LogP contribution in [0.3, 0.4) is 0 Å². The zero-order chi connectivity index (χ0) is 18.5. The van der Waals surface area contributed by atoms with Crippen LogP contribution in [0.4, 0.5) is 5.95 Å². The van der Waals surface area contributed by atoms with Crippen molar-refractivity contribution in [3.05, 3.63) is 54.9 Å². The van der Waals surface area contributed by atoms with E-state index in [-0.39, 0.29) is 11.9 Å². The SMILES string of the molecule is O=C(CCc1cnccn1)NC1CCN(c2nccc(-c3ccc[nH]3)n2)C1. The molecule has 1 saturated heterocycles. The number of aromatic nitrogens is 5. The number of nitrogens with zero attached hydrogens (tertiary/aromatic N) is 5. The van der Waals surface area contributed by atoms with Gasteiger partial charge in [-0.3, -0.25) is 14.8 Å². The first-order valence-corrected chi connectivity index (χ1v) is 9.04. The molecule has 4 heterocycles. The summed E-state index contributed by atoms with van der Waals surface area (Å²) in [5, 5.41) is 3.10. The molecule has 4 rings (SSSR count). The van der Waals surface area contributed by atoms with Gasteiger partial charge in [0.25, 0.3) is 0 Å². The van der Waals surface area contributed by atoms with Crippen LogP contribution in [-0.2, 0) is 11.2 Å². The van der Waals surface area contributed by atoms with Crippen LogP contribution in [-0.4, -0.2) is 50.0 Å². The molecule has 2 N–H and O–H groups in total. The van der Waals surface area contributed by atoms with E-state index in [1.54, 1.807) is 24.8 Å². The highest BCUT2D eigenvalue weighted by atomic mass is 16.1. The highest BCUT2D eigenvalue weighted by molar-refractivity contribution is 5.76. The second kappa shape index (κ2) is 7.94. The van der Waals surface area contributed by atoms with E-state index >= 15 is 0 Å². The van der Waals surface area contributed by atoms with E-state index in [2.05, 4.69) is 35.1 Å². The standard InChI is InChI=1S/C19H21N7O/c27-18(4-3-14-12-20-9-10-21-14)24-15-6-11-26(13-15)19-23-8-5-17(25-19)16-2-1-7-22-16/h1-2,5,7-10,12,15,22H,3-4,6,11,13H2,(H,24,27). The third-order valence-electron chi connectivity index (χ3n) is 4.58. The molecule has 0 aliphatic carbocycles. The number of carbonyl (C=O) groups is 1. The molecule has 1 fully saturated rings. The van der Waals surface area contributed by atoms with Crippen molar-refractivity contribution in [3.8, 4) is 11.4 Å². The van der Waals surface area contributed by atoms with Crippen LogP contribution in [0.25, 0.3) is 11.4 Å². The highest BCUT2D eigenvalue weighted by Gasteiger charge is 2.25. The zero-order valence-corrected chi connectivity index (χ0v) is 14.9. The first-order chi connectivity index (χ1) is 13.3. The molecule has 0 bridgehead atoms. The Morgan fingerprint density at radius 1 is 1.26 bits per heavy atom. The van der Waals surface area contributed by atoms with Crippen molar-refractivity contribution in [1.82, 2.24) is 30.2 Å². The number of carbonyl (C=O) groups excluding carboxylic acids is 1. The molecule has 1 atom stereocenters. The first kappa shape index (κ1) is 17.1. The molecule has 27 heavy (non-hydrogen) atoms. The summed E-state index contributed by atoms with van der Waals surface area (Å²) < 4.78 is 0. The molecule has 3 aromatic rings. The van der Waals surface area contributed by atoms with Crippen LogP contribution >= 0.6 is 0 Å². The van der Waals surface area contributed by atoms with Crippen molar-refractivity contribution in [1.29, 1.82) is 0 Å². The monoisotopic (exact) mass is 363 g/mol. The molecule has 0 aromatic carbocycles. The van der Waals surface area contributed by atoms with Crippen molar-refractivity contribution < 1.29 is 4.79 Å².